The molecule has 0 aromatic carbocycles. The van der Waals surface area contributed by atoms with E-state index in [0.29, 0.717) is 13.2 Å². The first-order valence-electron chi connectivity index (χ1n) is 4.78. The van der Waals surface area contributed by atoms with Gasteiger partial charge in [0.2, 0.25) is 0 Å². The van der Waals surface area contributed by atoms with E-state index in [2.05, 4.69) is 13.8 Å². The third-order valence-electron chi connectivity index (χ3n) is 2.35. The maximum Gasteiger partial charge on any atom is 0.168 e. The van der Waals surface area contributed by atoms with Gasteiger partial charge in [0, 0.05) is 13.0 Å². The molecule has 1 saturated heterocycles. The lowest BCUT2D eigenvalue weighted by atomic mass is 10.1. The summed E-state index contributed by atoms with van der Waals surface area (Å²) >= 11 is 0. The van der Waals surface area contributed by atoms with Crippen LogP contribution >= 0.6 is 0 Å². The Bertz CT molecular complexity index is 140. The number of hydrogen-bond acceptors (Lipinski definition) is 3. The van der Waals surface area contributed by atoms with Crippen LogP contribution < -0.4 is 5.73 Å². The van der Waals surface area contributed by atoms with Crippen molar-refractivity contribution in [2.45, 2.75) is 45.0 Å². The molecule has 0 spiro atoms. The Morgan fingerprint density at radius 3 is 2.67 bits per heavy atom. The number of hydrogen-bond donors (Lipinski definition) is 1. The molecule has 2 atom stereocenters. The highest BCUT2D eigenvalue weighted by atomic mass is 16.7. The predicted octanol–water partition coefficient (Wildman–Crippen LogP) is 1.27. The van der Waals surface area contributed by atoms with Crippen molar-refractivity contribution in [3.63, 3.8) is 0 Å². The van der Waals surface area contributed by atoms with Crippen molar-refractivity contribution in [2.24, 2.45) is 5.73 Å². The van der Waals surface area contributed by atoms with Gasteiger partial charge in [-0.1, -0.05) is 20.3 Å². The molecule has 0 saturated carbocycles. The average Bonchev–Trinajstić information content (AvgIpc) is 2.50. The molecular formula is C9H19NO2. The van der Waals surface area contributed by atoms with Gasteiger partial charge >= 0.3 is 0 Å². The molecule has 72 valence electrons. The van der Waals surface area contributed by atoms with Gasteiger partial charge in [-0.05, 0) is 6.42 Å². The largest absolute Gasteiger partial charge is 0.347 e. The van der Waals surface area contributed by atoms with Crippen LogP contribution in [0, 0.1) is 0 Å². The van der Waals surface area contributed by atoms with E-state index >= 15 is 0 Å². The van der Waals surface area contributed by atoms with Gasteiger partial charge in [-0.3, -0.25) is 0 Å². The van der Waals surface area contributed by atoms with Crippen molar-refractivity contribution >= 4 is 0 Å². The van der Waals surface area contributed by atoms with E-state index in [0.717, 1.165) is 19.3 Å². The average molecular weight is 173 g/mol. The first kappa shape index (κ1) is 9.96. The molecule has 1 fully saturated rings. The Morgan fingerprint density at radius 1 is 1.50 bits per heavy atom. The van der Waals surface area contributed by atoms with Crippen molar-refractivity contribution in [3.05, 3.63) is 0 Å². The molecule has 1 heterocycles. The minimum atomic E-state index is -0.321. The van der Waals surface area contributed by atoms with Crippen molar-refractivity contribution in [1.29, 1.82) is 0 Å². The molecule has 3 nitrogen and oxygen atoms in total. The second-order valence-corrected chi connectivity index (χ2v) is 3.30. The Kier molecular flexibility index (Phi) is 3.50. The maximum absolute atomic E-state index is 5.74. The highest BCUT2D eigenvalue weighted by molar-refractivity contribution is 4.77. The summed E-state index contributed by atoms with van der Waals surface area (Å²) in [5, 5.41) is 0. The van der Waals surface area contributed by atoms with Crippen LogP contribution in [0.25, 0.3) is 0 Å². The molecule has 0 radical (unpaired) electrons. The molecule has 12 heavy (non-hydrogen) atoms. The van der Waals surface area contributed by atoms with Gasteiger partial charge in [-0.2, -0.15) is 0 Å². The molecule has 3 heteroatoms. The summed E-state index contributed by atoms with van der Waals surface area (Å²) < 4.78 is 11.4. The quantitative estimate of drug-likeness (QED) is 0.696. The van der Waals surface area contributed by atoms with E-state index in [9.17, 15) is 0 Å². The fraction of sp³-hybridized carbons (Fsp3) is 1.00. The van der Waals surface area contributed by atoms with E-state index in [1.165, 1.54) is 0 Å². The van der Waals surface area contributed by atoms with Gasteiger partial charge in [-0.15, -0.1) is 0 Å². The topological polar surface area (TPSA) is 44.5 Å². The molecule has 1 rings (SSSR count). The van der Waals surface area contributed by atoms with E-state index in [4.69, 9.17) is 15.2 Å². The molecule has 0 aliphatic carbocycles. The standard InChI is InChI=1S/C9H19NO2/c1-3-5-9(4-2)11-7-8(6-10)12-9/h8H,3-7,10H2,1-2H3. The Hall–Kier alpha value is -0.120. The van der Waals surface area contributed by atoms with Crippen molar-refractivity contribution in [2.75, 3.05) is 13.2 Å². The molecule has 0 amide bonds. The van der Waals surface area contributed by atoms with Gasteiger partial charge < -0.3 is 15.2 Å². The first-order valence-corrected chi connectivity index (χ1v) is 4.78. The predicted molar refractivity (Wildman–Crippen MR) is 47.8 cm³/mol. The third kappa shape index (κ3) is 1.97. The van der Waals surface area contributed by atoms with Crippen molar-refractivity contribution in [1.82, 2.24) is 0 Å². The van der Waals surface area contributed by atoms with Crippen molar-refractivity contribution in [3.8, 4) is 0 Å². The van der Waals surface area contributed by atoms with Crippen LogP contribution in [0.2, 0.25) is 0 Å². The summed E-state index contributed by atoms with van der Waals surface area (Å²) in [4.78, 5) is 0. The number of ether oxygens (including phenoxy) is 2. The van der Waals surface area contributed by atoms with Gasteiger partial charge in [0.1, 0.15) is 0 Å². The van der Waals surface area contributed by atoms with Gasteiger partial charge in [0.15, 0.2) is 5.79 Å². The van der Waals surface area contributed by atoms with Crippen LogP contribution in [0.4, 0.5) is 0 Å². The summed E-state index contributed by atoms with van der Waals surface area (Å²) in [6.07, 6.45) is 3.08. The van der Waals surface area contributed by atoms with Crippen LogP contribution in [0.1, 0.15) is 33.1 Å². The lowest BCUT2D eigenvalue weighted by molar-refractivity contribution is -0.173. The van der Waals surface area contributed by atoms with Crippen LogP contribution in [0.15, 0.2) is 0 Å². The summed E-state index contributed by atoms with van der Waals surface area (Å²) in [7, 11) is 0. The lowest BCUT2D eigenvalue weighted by Gasteiger charge is -2.25. The normalized spacial score (nSPS) is 35.8. The summed E-state index contributed by atoms with van der Waals surface area (Å²) in [6, 6.07) is 0. The molecule has 0 aromatic heterocycles. The van der Waals surface area contributed by atoms with E-state index in [-0.39, 0.29) is 11.9 Å². The monoisotopic (exact) mass is 173 g/mol. The molecular weight excluding hydrogens is 154 g/mol. The highest BCUT2D eigenvalue weighted by Gasteiger charge is 2.38. The fourth-order valence-electron chi connectivity index (χ4n) is 1.61. The van der Waals surface area contributed by atoms with Crippen molar-refractivity contribution < 1.29 is 9.47 Å². The second kappa shape index (κ2) is 4.21. The molecule has 0 bridgehead atoms. The zero-order valence-corrected chi connectivity index (χ0v) is 8.01. The summed E-state index contributed by atoms with van der Waals surface area (Å²) in [6.45, 7) is 5.45. The second-order valence-electron chi connectivity index (χ2n) is 3.30. The zero-order valence-electron chi connectivity index (χ0n) is 8.01. The van der Waals surface area contributed by atoms with Crippen LogP contribution in [0.3, 0.4) is 0 Å². The Labute approximate surface area is 74.2 Å². The van der Waals surface area contributed by atoms with Gasteiger partial charge in [-0.25, -0.2) is 0 Å². The minimum Gasteiger partial charge on any atom is -0.347 e. The van der Waals surface area contributed by atoms with Crippen LogP contribution in [-0.2, 0) is 9.47 Å². The summed E-state index contributed by atoms with van der Waals surface area (Å²) in [5.74, 6) is -0.321. The molecule has 2 unspecified atom stereocenters. The number of rotatable bonds is 4. The lowest BCUT2D eigenvalue weighted by Crippen LogP contribution is -2.31. The third-order valence-corrected chi connectivity index (χ3v) is 2.35. The van der Waals surface area contributed by atoms with Crippen LogP contribution in [-0.4, -0.2) is 25.0 Å². The maximum atomic E-state index is 5.74. The number of nitrogens with two attached hydrogens (primary N) is 1. The van der Waals surface area contributed by atoms with Crippen LogP contribution in [0.5, 0.6) is 0 Å². The van der Waals surface area contributed by atoms with E-state index < -0.39 is 0 Å². The first-order chi connectivity index (χ1) is 5.76. The van der Waals surface area contributed by atoms with Gasteiger partial charge in [0.25, 0.3) is 0 Å². The molecule has 0 aromatic rings. The summed E-state index contributed by atoms with van der Waals surface area (Å²) in [5.41, 5.74) is 5.50. The molecule has 1 aliphatic heterocycles. The fourth-order valence-corrected chi connectivity index (χ4v) is 1.61. The SMILES string of the molecule is CCCC1(CC)OCC(CN)O1. The van der Waals surface area contributed by atoms with E-state index in [1.807, 2.05) is 0 Å². The Morgan fingerprint density at radius 2 is 2.25 bits per heavy atom. The van der Waals surface area contributed by atoms with E-state index in [1.54, 1.807) is 0 Å². The zero-order chi connectivity index (χ0) is 9.03. The highest BCUT2D eigenvalue weighted by Crippen LogP contribution is 2.30. The molecule has 2 N–H and O–H groups in total. The minimum absolute atomic E-state index is 0.108. The Balaban J connectivity index is 2.47. The van der Waals surface area contributed by atoms with Gasteiger partial charge in [0.05, 0.1) is 12.7 Å². The molecule has 1 aliphatic rings. The smallest absolute Gasteiger partial charge is 0.168 e.